The van der Waals surface area contributed by atoms with E-state index in [0.29, 0.717) is 5.92 Å². The number of fused-ring (bicyclic) bond motifs is 1. The molecule has 100 valence electrons. The number of hydrogen-bond donors (Lipinski definition) is 2. The maximum atomic E-state index is 9.05. The van der Waals surface area contributed by atoms with Gasteiger partial charge in [-0.15, -0.1) is 0 Å². The van der Waals surface area contributed by atoms with Crippen LogP contribution in [0.3, 0.4) is 0 Å². The van der Waals surface area contributed by atoms with Crippen molar-refractivity contribution in [2.75, 3.05) is 30.3 Å². The third-order valence-corrected chi connectivity index (χ3v) is 3.99. The van der Waals surface area contributed by atoms with Crippen LogP contribution in [-0.2, 0) is 0 Å². The SMILES string of the molecule is Nc1ccc(N2CCC(CCO)C2)c2ccncc12. The molecule has 2 aromatic rings. The topological polar surface area (TPSA) is 62.4 Å². The van der Waals surface area contributed by atoms with E-state index in [-0.39, 0.29) is 6.61 Å². The zero-order valence-corrected chi connectivity index (χ0v) is 10.9. The maximum Gasteiger partial charge on any atom is 0.0448 e. The summed E-state index contributed by atoms with van der Waals surface area (Å²) >= 11 is 0. The molecule has 1 atom stereocenters. The summed E-state index contributed by atoms with van der Waals surface area (Å²) < 4.78 is 0. The van der Waals surface area contributed by atoms with Gasteiger partial charge < -0.3 is 15.7 Å². The standard InChI is InChI=1S/C15H19N3O/c16-14-1-2-15(12-3-6-17-9-13(12)14)18-7-4-11(10-18)5-8-19/h1-3,6,9,11,19H,4-5,7-8,10,16H2. The Bertz CT molecular complexity index is 585. The molecule has 0 bridgehead atoms. The number of hydrogen-bond acceptors (Lipinski definition) is 4. The van der Waals surface area contributed by atoms with Crippen LogP contribution < -0.4 is 10.6 Å². The number of anilines is 2. The molecule has 1 aromatic carbocycles. The van der Waals surface area contributed by atoms with E-state index in [0.717, 1.165) is 37.0 Å². The van der Waals surface area contributed by atoms with Gasteiger partial charge in [0, 0.05) is 54.2 Å². The number of nitrogens with two attached hydrogens (primary N) is 1. The molecule has 3 rings (SSSR count). The van der Waals surface area contributed by atoms with E-state index < -0.39 is 0 Å². The first-order valence-corrected chi connectivity index (χ1v) is 6.77. The lowest BCUT2D eigenvalue weighted by Crippen LogP contribution is -2.20. The Balaban J connectivity index is 1.96. The van der Waals surface area contributed by atoms with Crippen LogP contribution >= 0.6 is 0 Å². The van der Waals surface area contributed by atoms with Gasteiger partial charge in [-0.3, -0.25) is 4.98 Å². The molecular weight excluding hydrogens is 238 g/mol. The number of aliphatic hydroxyl groups is 1. The van der Waals surface area contributed by atoms with Gasteiger partial charge in [-0.25, -0.2) is 0 Å². The van der Waals surface area contributed by atoms with Gasteiger partial charge in [0.1, 0.15) is 0 Å². The van der Waals surface area contributed by atoms with Crippen LogP contribution in [0.25, 0.3) is 10.8 Å². The minimum atomic E-state index is 0.283. The second-order valence-electron chi connectivity index (χ2n) is 5.21. The fraction of sp³-hybridized carbons (Fsp3) is 0.400. The van der Waals surface area contributed by atoms with E-state index in [1.807, 2.05) is 24.5 Å². The molecule has 0 spiro atoms. The summed E-state index contributed by atoms with van der Waals surface area (Å²) in [4.78, 5) is 6.55. The summed E-state index contributed by atoms with van der Waals surface area (Å²) in [6, 6.07) is 6.08. The Morgan fingerprint density at radius 2 is 2.21 bits per heavy atom. The average Bonchev–Trinajstić information content (AvgIpc) is 2.88. The van der Waals surface area contributed by atoms with Gasteiger partial charge in [0.25, 0.3) is 0 Å². The summed E-state index contributed by atoms with van der Waals surface area (Å²) in [7, 11) is 0. The summed E-state index contributed by atoms with van der Waals surface area (Å²) in [5, 5.41) is 11.2. The third kappa shape index (κ3) is 2.24. The molecule has 0 saturated carbocycles. The highest BCUT2D eigenvalue weighted by atomic mass is 16.3. The van der Waals surface area contributed by atoms with Gasteiger partial charge in [0.15, 0.2) is 0 Å². The van der Waals surface area contributed by atoms with Crippen molar-refractivity contribution in [2.45, 2.75) is 12.8 Å². The number of rotatable bonds is 3. The van der Waals surface area contributed by atoms with Gasteiger partial charge in [0.2, 0.25) is 0 Å². The van der Waals surface area contributed by atoms with Gasteiger partial charge in [0.05, 0.1) is 0 Å². The third-order valence-electron chi connectivity index (χ3n) is 3.99. The number of nitrogens with zero attached hydrogens (tertiary/aromatic N) is 2. The largest absolute Gasteiger partial charge is 0.398 e. The highest BCUT2D eigenvalue weighted by Crippen LogP contribution is 2.33. The summed E-state index contributed by atoms with van der Waals surface area (Å²) in [6.07, 6.45) is 5.68. The molecule has 1 aromatic heterocycles. The molecule has 1 saturated heterocycles. The molecule has 1 unspecified atom stereocenters. The van der Waals surface area contributed by atoms with Crippen LogP contribution in [-0.4, -0.2) is 29.8 Å². The number of aliphatic hydroxyl groups excluding tert-OH is 1. The van der Waals surface area contributed by atoms with Crippen molar-refractivity contribution >= 4 is 22.1 Å². The van der Waals surface area contributed by atoms with Gasteiger partial charge in [-0.1, -0.05) is 0 Å². The van der Waals surface area contributed by atoms with Crippen LogP contribution in [0.5, 0.6) is 0 Å². The van der Waals surface area contributed by atoms with Crippen molar-refractivity contribution in [3.8, 4) is 0 Å². The van der Waals surface area contributed by atoms with Crippen LogP contribution in [0.1, 0.15) is 12.8 Å². The van der Waals surface area contributed by atoms with E-state index >= 15 is 0 Å². The molecule has 0 aliphatic carbocycles. The van der Waals surface area contributed by atoms with E-state index in [4.69, 9.17) is 10.8 Å². The van der Waals surface area contributed by atoms with E-state index in [1.165, 1.54) is 11.1 Å². The molecule has 1 aliphatic rings. The summed E-state index contributed by atoms with van der Waals surface area (Å²) in [5.41, 5.74) is 8.01. The molecule has 19 heavy (non-hydrogen) atoms. The van der Waals surface area contributed by atoms with E-state index in [1.54, 1.807) is 0 Å². The second-order valence-corrected chi connectivity index (χ2v) is 5.21. The van der Waals surface area contributed by atoms with Crippen molar-refractivity contribution < 1.29 is 5.11 Å². The van der Waals surface area contributed by atoms with Crippen molar-refractivity contribution in [1.29, 1.82) is 0 Å². The van der Waals surface area contributed by atoms with Crippen molar-refractivity contribution in [1.82, 2.24) is 4.98 Å². The minimum absolute atomic E-state index is 0.283. The van der Waals surface area contributed by atoms with Gasteiger partial charge in [-0.2, -0.15) is 0 Å². The van der Waals surface area contributed by atoms with Gasteiger partial charge in [-0.05, 0) is 37.0 Å². The monoisotopic (exact) mass is 257 g/mol. The quantitative estimate of drug-likeness (QED) is 0.826. The number of nitrogen functional groups attached to an aromatic ring is 1. The molecule has 1 fully saturated rings. The predicted octanol–water partition coefficient (Wildman–Crippen LogP) is 2.03. The fourth-order valence-corrected chi connectivity index (χ4v) is 2.94. The molecule has 0 amide bonds. The number of aromatic nitrogens is 1. The lowest BCUT2D eigenvalue weighted by molar-refractivity contribution is 0.263. The Kier molecular flexibility index (Phi) is 3.25. The van der Waals surface area contributed by atoms with Gasteiger partial charge >= 0.3 is 0 Å². The highest BCUT2D eigenvalue weighted by molar-refractivity contribution is 6.00. The predicted molar refractivity (Wildman–Crippen MR) is 78.2 cm³/mol. The fourth-order valence-electron chi connectivity index (χ4n) is 2.94. The normalized spacial score (nSPS) is 19.2. The number of benzene rings is 1. The highest BCUT2D eigenvalue weighted by Gasteiger charge is 2.23. The Labute approximate surface area is 112 Å². The van der Waals surface area contributed by atoms with Crippen LogP contribution in [0, 0.1) is 5.92 Å². The molecule has 3 N–H and O–H groups in total. The smallest absolute Gasteiger partial charge is 0.0448 e. The van der Waals surface area contributed by atoms with Crippen molar-refractivity contribution in [2.24, 2.45) is 5.92 Å². The first-order chi connectivity index (χ1) is 9.29. The van der Waals surface area contributed by atoms with Crippen LogP contribution in [0.2, 0.25) is 0 Å². The molecule has 4 heteroatoms. The van der Waals surface area contributed by atoms with Crippen molar-refractivity contribution in [3.63, 3.8) is 0 Å². The molecular formula is C15H19N3O. The average molecular weight is 257 g/mol. The van der Waals surface area contributed by atoms with Crippen LogP contribution in [0.15, 0.2) is 30.6 Å². The first kappa shape index (κ1) is 12.2. The minimum Gasteiger partial charge on any atom is -0.398 e. The summed E-state index contributed by atoms with van der Waals surface area (Å²) in [5.74, 6) is 0.597. The lowest BCUT2D eigenvalue weighted by atomic mass is 10.1. The Morgan fingerprint density at radius 1 is 1.32 bits per heavy atom. The molecule has 4 nitrogen and oxygen atoms in total. The Morgan fingerprint density at radius 3 is 3.05 bits per heavy atom. The number of pyridine rings is 1. The maximum absolute atomic E-state index is 9.05. The van der Waals surface area contributed by atoms with Crippen LogP contribution in [0.4, 0.5) is 11.4 Å². The van der Waals surface area contributed by atoms with E-state index in [9.17, 15) is 0 Å². The summed E-state index contributed by atoms with van der Waals surface area (Å²) in [6.45, 7) is 2.35. The zero-order valence-electron chi connectivity index (χ0n) is 10.9. The molecule has 1 aliphatic heterocycles. The lowest BCUT2D eigenvalue weighted by Gasteiger charge is -2.21. The second kappa shape index (κ2) is 5.05. The van der Waals surface area contributed by atoms with Crippen molar-refractivity contribution in [3.05, 3.63) is 30.6 Å². The molecule has 0 radical (unpaired) electrons. The molecule has 2 heterocycles. The van der Waals surface area contributed by atoms with E-state index in [2.05, 4.69) is 16.0 Å². The Hall–Kier alpha value is -1.81. The first-order valence-electron chi connectivity index (χ1n) is 6.77. The zero-order chi connectivity index (χ0) is 13.2.